The highest BCUT2D eigenvalue weighted by atomic mass is 32.1. The van der Waals surface area contributed by atoms with E-state index >= 15 is 0 Å². The number of carbonyl (C=O) groups excluding carboxylic acids is 2. The molecule has 0 saturated heterocycles. The number of hydrogen-bond donors (Lipinski definition) is 1. The van der Waals surface area contributed by atoms with Crippen LogP contribution in [-0.4, -0.2) is 32.1 Å². The van der Waals surface area contributed by atoms with Gasteiger partial charge in [0.05, 0.1) is 12.2 Å². The fourth-order valence-electron chi connectivity index (χ4n) is 4.35. The molecular weight excluding hydrogens is 417 g/mol. The Morgan fingerprint density at radius 3 is 2.77 bits per heavy atom. The Bertz CT molecular complexity index is 1060. The van der Waals surface area contributed by atoms with E-state index in [0.717, 1.165) is 10.6 Å². The number of nitrogens with one attached hydrogen (secondary N) is 1. The van der Waals surface area contributed by atoms with E-state index in [0.29, 0.717) is 35.2 Å². The van der Waals surface area contributed by atoms with Crippen LogP contribution in [0.3, 0.4) is 0 Å². The number of ether oxygens (including phenoxy) is 2. The average Bonchev–Trinajstić information content (AvgIpc) is 3.27. The topological polar surface area (TPSA) is 64.6 Å². The summed E-state index contributed by atoms with van der Waals surface area (Å²) in [5, 5.41) is 5.30. The third-order valence-electron chi connectivity index (χ3n) is 5.70. The lowest BCUT2D eigenvalue weighted by molar-refractivity contribution is -0.140. The Kier molecular flexibility index (Phi) is 6.34. The zero-order valence-electron chi connectivity index (χ0n) is 17.4. The lowest BCUT2D eigenvalue weighted by Gasteiger charge is -2.36. The molecule has 1 aliphatic carbocycles. The Hall–Kier alpha value is -2.77. The number of ketones is 1. The summed E-state index contributed by atoms with van der Waals surface area (Å²) in [5.41, 5.74) is 2.85. The monoisotopic (exact) mass is 441 g/mol. The van der Waals surface area contributed by atoms with Crippen molar-refractivity contribution in [3.8, 4) is 0 Å². The van der Waals surface area contributed by atoms with Gasteiger partial charge in [-0.2, -0.15) is 0 Å². The number of esters is 1. The van der Waals surface area contributed by atoms with Gasteiger partial charge in [-0.25, -0.2) is 9.18 Å². The number of rotatable bonds is 6. The van der Waals surface area contributed by atoms with Crippen LogP contribution in [0.2, 0.25) is 0 Å². The Morgan fingerprint density at radius 2 is 2.06 bits per heavy atom. The number of benzene rings is 1. The van der Waals surface area contributed by atoms with Crippen LogP contribution in [0.5, 0.6) is 0 Å². The molecule has 31 heavy (non-hydrogen) atoms. The van der Waals surface area contributed by atoms with Crippen molar-refractivity contribution < 1.29 is 23.5 Å². The second-order valence-electron chi connectivity index (χ2n) is 7.72. The molecular formula is C24H24FNO4S. The molecule has 1 N–H and O–H groups in total. The summed E-state index contributed by atoms with van der Waals surface area (Å²) < 4.78 is 24.4. The van der Waals surface area contributed by atoms with Crippen LogP contribution in [0, 0.1) is 5.82 Å². The molecule has 0 amide bonds. The summed E-state index contributed by atoms with van der Waals surface area (Å²) in [5.74, 6) is -1.55. The SMILES string of the molecule is COCCOC(=O)C1=C(C)NC2=C(C(=O)C[C@H](c3cccs3)C2)[C@H]1c1cccc(F)c1. The molecule has 1 aliphatic heterocycles. The number of dihydropyridines is 1. The number of halogens is 1. The van der Waals surface area contributed by atoms with Crippen LogP contribution in [0.25, 0.3) is 0 Å². The molecule has 5 nitrogen and oxygen atoms in total. The summed E-state index contributed by atoms with van der Waals surface area (Å²) in [6.07, 6.45) is 1.02. The molecule has 0 radical (unpaired) electrons. The van der Waals surface area contributed by atoms with E-state index in [1.54, 1.807) is 30.4 Å². The highest BCUT2D eigenvalue weighted by molar-refractivity contribution is 7.10. The van der Waals surface area contributed by atoms with Crippen molar-refractivity contribution in [2.75, 3.05) is 20.3 Å². The van der Waals surface area contributed by atoms with E-state index in [-0.39, 0.29) is 24.9 Å². The summed E-state index contributed by atoms with van der Waals surface area (Å²) in [6.45, 7) is 2.16. The van der Waals surface area contributed by atoms with E-state index in [4.69, 9.17) is 9.47 Å². The number of Topliss-reactive ketones (excluding diaryl/α,β-unsaturated/α-hetero) is 1. The third-order valence-corrected chi connectivity index (χ3v) is 6.73. The van der Waals surface area contributed by atoms with E-state index < -0.39 is 17.7 Å². The summed E-state index contributed by atoms with van der Waals surface area (Å²) >= 11 is 1.64. The number of hydrogen-bond acceptors (Lipinski definition) is 6. The van der Waals surface area contributed by atoms with E-state index in [1.165, 1.54) is 19.2 Å². The summed E-state index contributed by atoms with van der Waals surface area (Å²) in [6, 6.07) is 10.1. The van der Waals surface area contributed by atoms with Crippen LogP contribution >= 0.6 is 11.3 Å². The van der Waals surface area contributed by atoms with Gasteiger partial charge in [0.25, 0.3) is 0 Å². The largest absolute Gasteiger partial charge is 0.460 e. The van der Waals surface area contributed by atoms with Crippen molar-refractivity contribution in [2.24, 2.45) is 0 Å². The number of carbonyl (C=O) groups is 2. The normalized spacial score (nSPS) is 21.1. The molecule has 0 spiro atoms. The van der Waals surface area contributed by atoms with Crippen LogP contribution in [0.4, 0.5) is 4.39 Å². The van der Waals surface area contributed by atoms with Gasteiger partial charge in [-0.3, -0.25) is 4.79 Å². The van der Waals surface area contributed by atoms with Gasteiger partial charge in [-0.1, -0.05) is 18.2 Å². The zero-order valence-corrected chi connectivity index (χ0v) is 18.3. The minimum atomic E-state index is -0.668. The molecule has 4 rings (SSSR count). The first-order chi connectivity index (χ1) is 15.0. The molecule has 1 aromatic heterocycles. The molecule has 0 saturated carbocycles. The average molecular weight is 442 g/mol. The Morgan fingerprint density at radius 1 is 1.23 bits per heavy atom. The first-order valence-electron chi connectivity index (χ1n) is 10.2. The number of methoxy groups -OCH3 is 1. The van der Waals surface area contributed by atoms with Crippen molar-refractivity contribution in [3.05, 3.63) is 80.6 Å². The molecule has 0 unspecified atom stereocenters. The minimum absolute atomic E-state index is 0.0314. The zero-order chi connectivity index (χ0) is 22.0. The van der Waals surface area contributed by atoms with Gasteiger partial charge >= 0.3 is 5.97 Å². The van der Waals surface area contributed by atoms with Crippen LogP contribution in [0.1, 0.15) is 42.0 Å². The fourth-order valence-corrected chi connectivity index (χ4v) is 5.18. The molecule has 2 heterocycles. The molecule has 162 valence electrons. The van der Waals surface area contributed by atoms with Crippen molar-refractivity contribution in [3.63, 3.8) is 0 Å². The van der Waals surface area contributed by atoms with Gasteiger partial charge in [0, 0.05) is 47.2 Å². The smallest absolute Gasteiger partial charge is 0.336 e. The van der Waals surface area contributed by atoms with Gasteiger partial charge in [0.2, 0.25) is 0 Å². The number of allylic oxidation sites excluding steroid dienone is 3. The van der Waals surface area contributed by atoms with Crippen LogP contribution in [-0.2, 0) is 19.1 Å². The molecule has 1 aromatic carbocycles. The second kappa shape index (κ2) is 9.16. The maximum absolute atomic E-state index is 14.1. The van der Waals surface area contributed by atoms with Gasteiger partial charge < -0.3 is 14.8 Å². The van der Waals surface area contributed by atoms with Gasteiger partial charge in [-0.05, 0) is 42.5 Å². The second-order valence-corrected chi connectivity index (χ2v) is 8.70. The molecule has 0 bridgehead atoms. The maximum atomic E-state index is 14.1. The summed E-state index contributed by atoms with van der Waals surface area (Å²) in [7, 11) is 1.53. The Labute approximate surface area is 184 Å². The van der Waals surface area contributed by atoms with E-state index in [2.05, 4.69) is 5.32 Å². The summed E-state index contributed by atoms with van der Waals surface area (Å²) in [4.78, 5) is 27.5. The number of thiophene rings is 1. The van der Waals surface area contributed by atoms with E-state index in [1.807, 2.05) is 17.5 Å². The lowest BCUT2D eigenvalue weighted by atomic mass is 9.72. The third kappa shape index (κ3) is 4.34. The quantitative estimate of drug-likeness (QED) is 0.530. The highest BCUT2D eigenvalue weighted by Crippen LogP contribution is 2.46. The van der Waals surface area contributed by atoms with E-state index in [9.17, 15) is 14.0 Å². The van der Waals surface area contributed by atoms with Crippen molar-refractivity contribution in [1.82, 2.24) is 5.32 Å². The van der Waals surface area contributed by atoms with Gasteiger partial charge in [-0.15, -0.1) is 11.3 Å². The fraction of sp³-hybridized carbons (Fsp3) is 0.333. The first-order valence-corrected chi connectivity index (χ1v) is 11.1. The predicted molar refractivity (Wildman–Crippen MR) is 116 cm³/mol. The van der Waals surface area contributed by atoms with Crippen molar-refractivity contribution in [2.45, 2.75) is 31.6 Å². The van der Waals surface area contributed by atoms with Crippen molar-refractivity contribution >= 4 is 23.1 Å². The molecule has 7 heteroatoms. The lowest BCUT2D eigenvalue weighted by Crippen LogP contribution is -2.36. The van der Waals surface area contributed by atoms with Crippen molar-refractivity contribution in [1.29, 1.82) is 0 Å². The molecule has 0 fully saturated rings. The molecule has 2 aliphatic rings. The van der Waals surface area contributed by atoms with Gasteiger partial charge in [0.15, 0.2) is 5.78 Å². The molecule has 2 atom stereocenters. The Balaban J connectivity index is 1.76. The van der Waals surface area contributed by atoms with Gasteiger partial charge in [0.1, 0.15) is 12.4 Å². The van der Waals surface area contributed by atoms with Crippen LogP contribution in [0.15, 0.2) is 64.3 Å². The first kappa shape index (κ1) is 21.5. The minimum Gasteiger partial charge on any atom is -0.460 e. The maximum Gasteiger partial charge on any atom is 0.336 e. The van der Waals surface area contributed by atoms with Crippen LogP contribution < -0.4 is 5.32 Å². The highest BCUT2D eigenvalue weighted by Gasteiger charge is 2.41. The standard InChI is InChI=1S/C24H24FNO4S/c1-14-21(24(28)30-9-8-29-2)22(15-5-3-6-17(25)11-15)23-18(26-14)12-16(13-19(23)27)20-7-4-10-31-20/h3-7,10-11,16,22,26H,8-9,12-13H2,1-2H3/t16-,22+/m1/s1. The predicted octanol–water partition coefficient (Wildman–Crippen LogP) is 4.44. The molecule has 2 aromatic rings.